The number of thioether (sulfide) groups is 1. The van der Waals surface area contributed by atoms with Gasteiger partial charge in [0.25, 0.3) is 0 Å². The lowest BCUT2D eigenvalue weighted by atomic mass is 9.85. The number of nitrogens with zero attached hydrogens (tertiary/aromatic N) is 1. The Labute approximate surface area is 138 Å². The van der Waals surface area contributed by atoms with Crippen molar-refractivity contribution in [2.45, 2.75) is 69.7 Å². The summed E-state index contributed by atoms with van der Waals surface area (Å²) in [6.45, 7) is 5.06. The molecule has 2 nitrogen and oxygen atoms in total. The van der Waals surface area contributed by atoms with Crippen molar-refractivity contribution in [3.05, 3.63) is 28.8 Å². The molecule has 120 valence electrons. The molecule has 0 bridgehead atoms. The fraction of sp³-hybridized carbons (Fsp3) is 0.632. The molecule has 22 heavy (non-hydrogen) atoms. The van der Waals surface area contributed by atoms with Crippen molar-refractivity contribution in [2.75, 3.05) is 12.3 Å². The summed E-state index contributed by atoms with van der Waals surface area (Å²) >= 11 is 2.01. The van der Waals surface area contributed by atoms with Crippen LogP contribution >= 0.6 is 11.8 Å². The van der Waals surface area contributed by atoms with Crippen LogP contribution in [-0.2, 0) is 24.1 Å². The normalized spacial score (nSPS) is 20.2. The van der Waals surface area contributed by atoms with Gasteiger partial charge in [0.15, 0.2) is 0 Å². The summed E-state index contributed by atoms with van der Waals surface area (Å²) < 4.78 is 0. The highest BCUT2D eigenvalue weighted by Gasteiger charge is 2.27. The fourth-order valence-corrected chi connectivity index (χ4v) is 4.89. The van der Waals surface area contributed by atoms with Crippen molar-refractivity contribution in [3.8, 4) is 0 Å². The van der Waals surface area contributed by atoms with Crippen LogP contribution in [0.5, 0.6) is 0 Å². The molecule has 0 spiro atoms. The van der Waals surface area contributed by atoms with Gasteiger partial charge in [0.1, 0.15) is 0 Å². The predicted molar refractivity (Wildman–Crippen MR) is 93.6 cm³/mol. The maximum absolute atomic E-state index is 12.3. The molecule has 1 unspecified atom stereocenters. The van der Waals surface area contributed by atoms with Gasteiger partial charge < -0.3 is 4.90 Å². The van der Waals surface area contributed by atoms with Crippen molar-refractivity contribution >= 4 is 17.7 Å². The van der Waals surface area contributed by atoms with Crippen molar-refractivity contribution in [1.29, 1.82) is 0 Å². The number of benzene rings is 1. The molecule has 0 radical (unpaired) electrons. The molecule has 0 fully saturated rings. The van der Waals surface area contributed by atoms with Gasteiger partial charge in [-0.3, -0.25) is 4.79 Å². The molecule has 1 aromatic rings. The average molecular weight is 317 g/mol. The third kappa shape index (κ3) is 3.19. The summed E-state index contributed by atoms with van der Waals surface area (Å²) in [5.74, 6) is 1.58. The van der Waals surface area contributed by atoms with E-state index in [2.05, 4.69) is 24.0 Å². The first kappa shape index (κ1) is 15.9. The second-order valence-electron chi connectivity index (χ2n) is 6.52. The van der Waals surface area contributed by atoms with Gasteiger partial charge in [-0.15, -0.1) is 11.8 Å². The van der Waals surface area contributed by atoms with Crippen LogP contribution < -0.4 is 0 Å². The van der Waals surface area contributed by atoms with E-state index in [9.17, 15) is 4.79 Å². The van der Waals surface area contributed by atoms with Crippen LogP contribution in [0.2, 0.25) is 0 Å². The predicted octanol–water partition coefficient (Wildman–Crippen LogP) is 4.23. The zero-order valence-corrected chi connectivity index (χ0v) is 14.7. The van der Waals surface area contributed by atoms with E-state index in [1.807, 2.05) is 18.7 Å². The first-order valence-electron chi connectivity index (χ1n) is 8.79. The van der Waals surface area contributed by atoms with Crippen molar-refractivity contribution in [1.82, 2.24) is 4.90 Å². The van der Waals surface area contributed by atoms with Crippen molar-refractivity contribution in [3.63, 3.8) is 0 Å². The Morgan fingerprint density at radius 2 is 2.09 bits per heavy atom. The maximum atomic E-state index is 12.3. The van der Waals surface area contributed by atoms with Crippen LogP contribution in [0.4, 0.5) is 0 Å². The minimum Gasteiger partial charge on any atom is -0.339 e. The monoisotopic (exact) mass is 317 g/mol. The average Bonchev–Trinajstić information content (AvgIpc) is 2.56. The summed E-state index contributed by atoms with van der Waals surface area (Å²) in [6.07, 6.45) is 7.55. The molecule has 0 saturated heterocycles. The van der Waals surface area contributed by atoms with Gasteiger partial charge in [0, 0.05) is 23.9 Å². The van der Waals surface area contributed by atoms with Crippen LogP contribution in [0.15, 0.2) is 17.0 Å². The number of aryl methyl sites for hydroxylation is 2. The minimum atomic E-state index is 0.322. The number of hydrogen-bond acceptors (Lipinski definition) is 2. The largest absolute Gasteiger partial charge is 0.339 e. The molecule has 1 aliphatic heterocycles. The van der Waals surface area contributed by atoms with Gasteiger partial charge >= 0.3 is 0 Å². The van der Waals surface area contributed by atoms with Crippen LogP contribution in [0.1, 0.15) is 56.2 Å². The van der Waals surface area contributed by atoms with E-state index in [0.29, 0.717) is 18.4 Å². The lowest BCUT2D eigenvalue weighted by Gasteiger charge is -2.36. The fourth-order valence-electron chi connectivity index (χ4n) is 3.81. The van der Waals surface area contributed by atoms with Crippen LogP contribution in [0, 0.1) is 0 Å². The quantitative estimate of drug-likeness (QED) is 0.828. The number of fused-ring (bicyclic) bond motifs is 2. The summed E-state index contributed by atoms with van der Waals surface area (Å²) in [4.78, 5) is 15.9. The highest BCUT2D eigenvalue weighted by Crippen LogP contribution is 2.35. The van der Waals surface area contributed by atoms with Crippen molar-refractivity contribution < 1.29 is 4.79 Å². The first-order valence-corrected chi connectivity index (χ1v) is 9.78. The van der Waals surface area contributed by atoms with Gasteiger partial charge in [-0.2, -0.15) is 0 Å². The zero-order chi connectivity index (χ0) is 15.5. The Morgan fingerprint density at radius 1 is 1.23 bits per heavy atom. The second-order valence-corrected chi connectivity index (χ2v) is 7.65. The van der Waals surface area contributed by atoms with E-state index in [1.54, 1.807) is 5.56 Å². The molecule has 1 amide bonds. The molecule has 2 aliphatic rings. The number of rotatable bonds is 4. The Morgan fingerprint density at radius 3 is 2.86 bits per heavy atom. The van der Waals surface area contributed by atoms with Crippen LogP contribution in [-0.4, -0.2) is 29.1 Å². The SMILES string of the molecule is CCCN(C(=O)CC)C1CCc2cc3c(cc2C1)SCCC3. The highest BCUT2D eigenvalue weighted by atomic mass is 32.2. The summed E-state index contributed by atoms with van der Waals surface area (Å²) in [6, 6.07) is 5.30. The van der Waals surface area contributed by atoms with E-state index >= 15 is 0 Å². The van der Waals surface area contributed by atoms with Gasteiger partial charge in [-0.1, -0.05) is 19.9 Å². The first-order chi connectivity index (χ1) is 10.7. The van der Waals surface area contributed by atoms with E-state index in [4.69, 9.17) is 0 Å². The summed E-state index contributed by atoms with van der Waals surface area (Å²) in [5, 5.41) is 0. The Hall–Kier alpha value is -0.960. The van der Waals surface area contributed by atoms with Crippen molar-refractivity contribution in [2.24, 2.45) is 0 Å². The van der Waals surface area contributed by atoms with Gasteiger partial charge in [-0.05, 0) is 67.0 Å². The van der Waals surface area contributed by atoms with Gasteiger partial charge in [-0.25, -0.2) is 0 Å². The lowest BCUT2D eigenvalue weighted by molar-refractivity contribution is -0.133. The molecule has 0 N–H and O–H groups in total. The van der Waals surface area contributed by atoms with Gasteiger partial charge in [0.2, 0.25) is 5.91 Å². The second kappa shape index (κ2) is 7.08. The van der Waals surface area contributed by atoms with E-state index in [1.165, 1.54) is 34.6 Å². The molecular weight excluding hydrogens is 290 g/mol. The Kier molecular flexibility index (Phi) is 5.12. The maximum Gasteiger partial charge on any atom is 0.222 e. The highest BCUT2D eigenvalue weighted by molar-refractivity contribution is 7.99. The summed E-state index contributed by atoms with van der Waals surface area (Å²) in [7, 11) is 0. The molecule has 3 rings (SSSR count). The molecule has 1 aromatic carbocycles. The van der Waals surface area contributed by atoms with Crippen LogP contribution in [0.25, 0.3) is 0 Å². The van der Waals surface area contributed by atoms with E-state index < -0.39 is 0 Å². The Balaban J connectivity index is 1.81. The standard InChI is InChI=1S/C19H27NOS/c1-3-9-20(19(21)4-2)17-8-7-14-11-15-6-5-10-22-18(15)13-16(14)12-17/h11,13,17H,3-10,12H2,1-2H3. The molecule has 3 heteroatoms. The summed E-state index contributed by atoms with van der Waals surface area (Å²) in [5.41, 5.74) is 4.59. The number of hydrogen-bond donors (Lipinski definition) is 0. The third-order valence-electron chi connectivity index (χ3n) is 4.96. The third-order valence-corrected chi connectivity index (χ3v) is 6.15. The number of carbonyl (C=O) groups is 1. The smallest absolute Gasteiger partial charge is 0.222 e. The molecule has 1 aliphatic carbocycles. The number of amides is 1. The molecule has 1 atom stereocenters. The number of carbonyl (C=O) groups excluding carboxylic acids is 1. The lowest BCUT2D eigenvalue weighted by Crippen LogP contribution is -2.43. The minimum absolute atomic E-state index is 0.322. The van der Waals surface area contributed by atoms with Crippen LogP contribution in [0.3, 0.4) is 0 Å². The van der Waals surface area contributed by atoms with E-state index in [0.717, 1.165) is 32.2 Å². The molecule has 1 heterocycles. The molecular formula is C19H27NOS. The molecule has 0 saturated carbocycles. The zero-order valence-electron chi connectivity index (χ0n) is 13.9. The Bertz CT molecular complexity index is 555. The van der Waals surface area contributed by atoms with Gasteiger partial charge in [0.05, 0.1) is 0 Å². The topological polar surface area (TPSA) is 20.3 Å². The van der Waals surface area contributed by atoms with E-state index in [-0.39, 0.29) is 0 Å². The molecule has 0 aromatic heterocycles.